The van der Waals surface area contributed by atoms with Crippen molar-refractivity contribution in [1.29, 1.82) is 0 Å². The Morgan fingerprint density at radius 3 is 1.64 bits per heavy atom. The van der Waals surface area contributed by atoms with Crippen LogP contribution in [0.4, 0.5) is 38.5 Å². The number of hydrogen-bond donors (Lipinski definition) is 0. The highest BCUT2D eigenvalue weighted by atomic mass is 19.1. The van der Waals surface area contributed by atoms with Crippen molar-refractivity contribution in [2.24, 2.45) is 11.8 Å². The van der Waals surface area contributed by atoms with Gasteiger partial charge in [-0.25, -0.2) is 4.39 Å². The zero-order valence-corrected chi connectivity index (χ0v) is 36.2. The molecule has 4 nitrogen and oxygen atoms in total. The van der Waals surface area contributed by atoms with E-state index in [2.05, 4.69) is 190 Å². The number of benzene rings is 9. The van der Waals surface area contributed by atoms with Crippen molar-refractivity contribution in [1.82, 2.24) is 4.57 Å². The molecule has 0 bridgehead atoms. The topological polar surface area (TPSA) is 24.6 Å². The van der Waals surface area contributed by atoms with Gasteiger partial charge in [0.15, 0.2) is 0 Å². The highest BCUT2D eigenvalue weighted by Gasteiger charge is 2.62. The zero-order chi connectivity index (χ0) is 43.5. The van der Waals surface area contributed by atoms with Crippen LogP contribution in [0.15, 0.2) is 211 Å². The van der Waals surface area contributed by atoms with Gasteiger partial charge in [-0.3, -0.25) is 0 Å². The van der Waals surface area contributed by atoms with E-state index < -0.39 is 0 Å². The van der Waals surface area contributed by atoms with E-state index in [1.54, 1.807) is 12.1 Å². The van der Waals surface area contributed by atoms with Gasteiger partial charge in [-0.15, -0.1) is 0 Å². The molecule has 3 atom stereocenters. The Bertz CT molecular complexity index is 3660. The molecule has 1 saturated carbocycles. The van der Waals surface area contributed by atoms with Gasteiger partial charge < -0.3 is 18.8 Å². The molecule has 0 aliphatic heterocycles. The number of rotatable bonds is 7. The predicted octanol–water partition coefficient (Wildman–Crippen LogP) is 16.2. The molecule has 2 heterocycles. The number of halogens is 1. The van der Waals surface area contributed by atoms with Crippen molar-refractivity contribution in [2.45, 2.75) is 31.1 Å². The Balaban J connectivity index is 1.05. The van der Waals surface area contributed by atoms with Gasteiger partial charge in [-0.05, 0) is 157 Å². The molecule has 14 rings (SSSR count). The summed E-state index contributed by atoms with van der Waals surface area (Å²) in [5.41, 5.74) is 17.3. The van der Waals surface area contributed by atoms with E-state index in [4.69, 9.17) is 4.42 Å². The van der Waals surface area contributed by atoms with Crippen molar-refractivity contribution < 1.29 is 8.81 Å². The van der Waals surface area contributed by atoms with E-state index >= 15 is 0 Å². The summed E-state index contributed by atoms with van der Waals surface area (Å²) >= 11 is 0. The summed E-state index contributed by atoms with van der Waals surface area (Å²) in [6.45, 7) is 0. The lowest BCUT2D eigenvalue weighted by atomic mass is 9.68. The van der Waals surface area contributed by atoms with Gasteiger partial charge in [-0.2, -0.15) is 0 Å². The third-order valence-corrected chi connectivity index (χ3v) is 15.3. The van der Waals surface area contributed by atoms with Crippen LogP contribution < -0.4 is 9.80 Å². The van der Waals surface area contributed by atoms with Crippen LogP contribution in [0.25, 0.3) is 49.4 Å². The number of aromatic nitrogens is 1. The lowest BCUT2D eigenvalue weighted by Gasteiger charge is -2.40. The van der Waals surface area contributed by atoms with Crippen LogP contribution in [-0.4, -0.2) is 4.57 Å². The van der Waals surface area contributed by atoms with Gasteiger partial charge in [0.25, 0.3) is 0 Å². The zero-order valence-electron chi connectivity index (χ0n) is 36.2. The second-order valence-electron chi connectivity index (χ2n) is 18.5. The molecule has 3 aliphatic carbocycles. The fraction of sp³-hybridized carbons (Fsp3) is 0.115. The summed E-state index contributed by atoms with van der Waals surface area (Å²) < 4.78 is 23.4. The van der Waals surface area contributed by atoms with Gasteiger partial charge in [0, 0.05) is 61.5 Å². The van der Waals surface area contributed by atoms with Gasteiger partial charge >= 0.3 is 0 Å². The predicted molar refractivity (Wildman–Crippen MR) is 268 cm³/mol. The van der Waals surface area contributed by atoms with Crippen LogP contribution in [-0.2, 0) is 18.3 Å². The van der Waals surface area contributed by atoms with E-state index in [1.807, 2.05) is 18.2 Å². The van der Waals surface area contributed by atoms with Crippen LogP contribution in [0.5, 0.6) is 0 Å². The van der Waals surface area contributed by atoms with Crippen molar-refractivity contribution in [3.8, 4) is 5.69 Å². The number of para-hydroxylation sites is 4. The second kappa shape index (κ2) is 14.3. The van der Waals surface area contributed by atoms with Gasteiger partial charge in [0.05, 0.1) is 22.4 Å². The third-order valence-electron chi connectivity index (χ3n) is 15.3. The fourth-order valence-corrected chi connectivity index (χ4v) is 12.9. The molecule has 11 aromatic rings. The summed E-state index contributed by atoms with van der Waals surface area (Å²) in [7, 11) is 0. The smallest absolute Gasteiger partial charge is 0.137 e. The average Bonchev–Trinajstić information content (AvgIpc) is 4.16. The Labute approximate surface area is 382 Å². The van der Waals surface area contributed by atoms with Crippen molar-refractivity contribution in [3.63, 3.8) is 0 Å². The molecular weight excluding hydrogens is 810 g/mol. The van der Waals surface area contributed by atoms with Crippen LogP contribution in [0.3, 0.4) is 0 Å². The molecule has 3 aliphatic rings. The first-order valence-corrected chi connectivity index (χ1v) is 23.3. The number of anilines is 6. The third kappa shape index (κ3) is 5.31. The molecule has 1 spiro atoms. The van der Waals surface area contributed by atoms with Crippen LogP contribution in [0.1, 0.15) is 35.1 Å². The second-order valence-corrected chi connectivity index (χ2v) is 18.5. The first-order valence-electron chi connectivity index (χ1n) is 23.3. The average molecular weight is 854 g/mol. The fourth-order valence-electron chi connectivity index (χ4n) is 12.9. The van der Waals surface area contributed by atoms with Crippen LogP contribution >= 0.6 is 0 Å². The van der Waals surface area contributed by atoms with Gasteiger partial charge in [0.1, 0.15) is 17.0 Å². The molecule has 66 heavy (non-hydrogen) atoms. The van der Waals surface area contributed by atoms with Crippen molar-refractivity contribution in [2.75, 3.05) is 9.80 Å². The van der Waals surface area contributed by atoms with Gasteiger partial charge in [-0.1, -0.05) is 103 Å². The molecule has 5 heteroatoms. The maximum absolute atomic E-state index is 14.5. The molecule has 0 amide bonds. The molecular formula is C61H44FN3O. The summed E-state index contributed by atoms with van der Waals surface area (Å²) in [5, 5.41) is 4.52. The Kier molecular flexibility index (Phi) is 8.12. The first-order chi connectivity index (χ1) is 32.6. The Hall–Kier alpha value is -7.89. The highest BCUT2D eigenvalue weighted by Crippen LogP contribution is 2.69. The van der Waals surface area contributed by atoms with E-state index in [1.165, 1.54) is 46.5 Å². The maximum atomic E-state index is 14.5. The Morgan fingerprint density at radius 2 is 0.970 bits per heavy atom. The first kappa shape index (κ1) is 37.5. The molecule has 316 valence electrons. The minimum Gasteiger partial charge on any atom is -0.456 e. The van der Waals surface area contributed by atoms with E-state index in [-0.39, 0.29) is 11.2 Å². The SMILES string of the molecule is Fc1ccc(-n2c3ccccc3c3ccc(N(c4ccc5c(c4)oc4ccccc45)c4cccc5c4C46c7c(cccc7N(c7ccccc7)c7ccccc7)CC4CCC6C5)cc32)cc1. The molecule has 0 saturated heterocycles. The molecule has 0 N–H and O–H groups in total. The standard InChI is InChI=1S/C61H44FN3O/c62-43-27-29-46(30-28-43)65-53-21-9-7-19-49(53)50-33-31-47(37-56(50)65)64(48-32-34-52-51-20-8-10-24-57(51)66-58(52)38-48)55-23-12-14-40-36-42-26-25-41-35-39-13-11-22-54(59(39)61(41,42)60(40)55)63(44-15-3-1-4-16-44)45-17-5-2-6-18-45/h1-24,27-34,37-38,41-42H,25-26,35-36H2. The maximum Gasteiger partial charge on any atom is 0.137 e. The summed E-state index contributed by atoms with van der Waals surface area (Å²) in [6.07, 6.45) is 4.48. The minimum absolute atomic E-state index is 0.214. The molecule has 0 radical (unpaired) electrons. The normalized spacial score (nSPS) is 18.2. The summed E-state index contributed by atoms with van der Waals surface area (Å²) in [4.78, 5) is 5.01. The largest absolute Gasteiger partial charge is 0.456 e. The highest BCUT2D eigenvalue weighted by molar-refractivity contribution is 6.11. The van der Waals surface area contributed by atoms with Gasteiger partial charge in [0.2, 0.25) is 0 Å². The minimum atomic E-state index is -0.250. The van der Waals surface area contributed by atoms with Crippen LogP contribution in [0.2, 0.25) is 0 Å². The molecule has 3 unspecified atom stereocenters. The van der Waals surface area contributed by atoms with Crippen molar-refractivity contribution in [3.05, 3.63) is 234 Å². The number of nitrogens with zero attached hydrogens (tertiary/aromatic N) is 3. The summed E-state index contributed by atoms with van der Waals surface area (Å²) in [6, 6.07) is 73.4. The van der Waals surface area contributed by atoms with Crippen molar-refractivity contribution >= 4 is 77.9 Å². The number of furan rings is 1. The lowest BCUT2D eigenvalue weighted by molar-refractivity contribution is 0.350. The van der Waals surface area contributed by atoms with E-state index in [0.29, 0.717) is 11.8 Å². The lowest BCUT2D eigenvalue weighted by Crippen LogP contribution is -2.34. The molecule has 2 aromatic heterocycles. The Morgan fingerprint density at radius 1 is 0.439 bits per heavy atom. The molecule has 9 aromatic carbocycles. The van der Waals surface area contributed by atoms with E-state index in [0.717, 1.165) is 85.0 Å². The summed E-state index contributed by atoms with van der Waals surface area (Å²) in [5.74, 6) is 0.663. The number of hydrogen-bond acceptors (Lipinski definition) is 3. The monoisotopic (exact) mass is 853 g/mol. The van der Waals surface area contributed by atoms with E-state index in [9.17, 15) is 4.39 Å². The quantitative estimate of drug-likeness (QED) is 0.160. The number of fused-ring (bicyclic) bond motifs is 8. The van der Waals surface area contributed by atoms with Crippen LogP contribution in [0, 0.1) is 17.7 Å². The molecule has 1 fully saturated rings.